The van der Waals surface area contributed by atoms with Crippen molar-refractivity contribution in [1.82, 2.24) is 9.55 Å². The van der Waals surface area contributed by atoms with E-state index in [1.165, 1.54) is 24.3 Å². The molecule has 132 valence electrons. The van der Waals surface area contributed by atoms with Gasteiger partial charge in [0.05, 0.1) is 19.4 Å². The van der Waals surface area contributed by atoms with Crippen LogP contribution in [-0.4, -0.2) is 40.1 Å². The maximum absolute atomic E-state index is 14.2. The summed E-state index contributed by atoms with van der Waals surface area (Å²) < 4.78 is 25.4. The molecule has 2 atom stereocenters. The van der Waals surface area contributed by atoms with Gasteiger partial charge in [0, 0.05) is 10.6 Å². The van der Waals surface area contributed by atoms with Crippen LogP contribution in [0.25, 0.3) is 0 Å². The van der Waals surface area contributed by atoms with Gasteiger partial charge in [-0.25, -0.2) is 9.18 Å². The van der Waals surface area contributed by atoms with Crippen molar-refractivity contribution in [2.45, 2.75) is 12.5 Å². The molecule has 1 aliphatic rings. The molecule has 0 radical (unpaired) electrons. The molecule has 1 aromatic heterocycles. The summed E-state index contributed by atoms with van der Waals surface area (Å²) in [6.45, 7) is -0.431. The number of nitrogens with zero attached hydrogens (tertiary/aromatic N) is 2. The van der Waals surface area contributed by atoms with E-state index >= 15 is 0 Å². The van der Waals surface area contributed by atoms with E-state index in [1.54, 1.807) is 0 Å². The van der Waals surface area contributed by atoms with Crippen LogP contribution < -0.4 is 11.0 Å². The highest BCUT2D eigenvalue weighted by atomic mass is 35.5. The van der Waals surface area contributed by atoms with E-state index in [0.29, 0.717) is 5.02 Å². The predicted octanol–water partition coefficient (Wildman–Crippen LogP) is 1.15. The van der Waals surface area contributed by atoms with Gasteiger partial charge in [-0.3, -0.25) is 9.36 Å². The van der Waals surface area contributed by atoms with Gasteiger partial charge in [-0.15, -0.1) is 0 Å². The van der Waals surface area contributed by atoms with E-state index in [1.807, 2.05) is 0 Å². The number of amides is 1. The highest BCUT2D eigenvalue weighted by Gasteiger charge is 2.28. The Balaban J connectivity index is 1.79. The van der Waals surface area contributed by atoms with Crippen LogP contribution in [-0.2, 0) is 9.47 Å². The van der Waals surface area contributed by atoms with Crippen LogP contribution >= 0.6 is 11.6 Å². The third kappa shape index (κ3) is 3.85. The molecule has 25 heavy (non-hydrogen) atoms. The fraction of sp³-hybridized carbons (Fsp3) is 0.267. The molecule has 2 heterocycles. The molecule has 1 amide bonds. The fourth-order valence-corrected chi connectivity index (χ4v) is 2.33. The Morgan fingerprint density at radius 3 is 2.80 bits per heavy atom. The van der Waals surface area contributed by atoms with E-state index < -0.39 is 42.4 Å². The van der Waals surface area contributed by atoms with Gasteiger partial charge in [0.15, 0.2) is 24.2 Å². The van der Waals surface area contributed by atoms with E-state index in [0.717, 1.165) is 10.8 Å². The number of benzene rings is 1. The largest absolute Gasteiger partial charge is 0.391 e. The molecule has 8 nitrogen and oxygen atoms in total. The number of aromatic nitrogens is 2. The number of nitrogens with one attached hydrogen (secondary N) is 1. The normalized spacial score (nSPS) is 19.8. The molecule has 3 rings (SSSR count). The number of hydrogen-bond acceptors (Lipinski definition) is 6. The minimum Gasteiger partial charge on any atom is -0.391 e. The third-order valence-corrected chi connectivity index (χ3v) is 3.69. The van der Waals surface area contributed by atoms with Crippen molar-refractivity contribution < 1.29 is 23.8 Å². The quantitative estimate of drug-likeness (QED) is 0.838. The minimum atomic E-state index is -0.919. The van der Waals surface area contributed by atoms with Crippen molar-refractivity contribution >= 4 is 23.3 Å². The van der Waals surface area contributed by atoms with Crippen LogP contribution in [0, 0.1) is 5.82 Å². The van der Waals surface area contributed by atoms with Crippen LogP contribution in [0.15, 0.2) is 35.3 Å². The van der Waals surface area contributed by atoms with Crippen LogP contribution in [0.1, 0.15) is 16.6 Å². The summed E-state index contributed by atoms with van der Waals surface area (Å²) in [5.74, 6) is -2.06. The number of aliphatic hydroxyl groups is 1. The lowest BCUT2D eigenvalue weighted by atomic mass is 10.2. The zero-order valence-corrected chi connectivity index (χ0v) is 13.4. The van der Waals surface area contributed by atoms with Crippen molar-refractivity contribution in [3.63, 3.8) is 0 Å². The number of aliphatic hydroxyl groups excluding tert-OH is 1. The molecular formula is C15H13ClFN3O5. The SMILES string of the molecule is O=C(Nc1nc(=O)n([C@H]2CO[C@@H](CO)O2)cc1F)c1ccc(Cl)cc1. The van der Waals surface area contributed by atoms with Crippen LogP contribution in [0.5, 0.6) is 0 Å². The smallest absolute Gasteiger partial charge is 0.351 e. The van der Waals surface area contributed by atoms with E-state index in [9.17, 15) is 14.0 Å². The monoisotopic (exact) mass is 369 g/mol. The summed E-state index contributed by atoms with van der Waals surface area (Å²) in [7, 11) is 0. The molecule has 0 saturated carbocycles. The molecule has 1 fully saturated rings. The summed E-state index contributed by atoms with van der Waals surface area (Å²) in [4.78, 5) is 27.7. The Hall–Kier alpha value is -2.33. The average Bonchev–Trinajstić information content (AvgIpc) is 3.07. The first-order chi connectivity index (χ1) is 12.0. The molecule has 1 saturated heterocycles. The summed E-state index contributed by atoms with van der Waals surface area (Å²) in [6.07, 6.45) is -0.933. The van der Waals surface area contributed by atoms with Gasteiger partial charge in [-0.2, -0.15) is 4.98 Å². The minimum absolute atomic E-state index is 0.0390. The number of rotatable bonds is 4. The Morgan fingerprint density at radius 2 is 2.16 bits per heavy atom. The molecule has 0 aliphatic carbocycles. The van der Waals surface area contributed by atoms with Crippen molar-refractivity contribution in [3.8, 4) is 0 Å². The first kappa shape index (κ1) is 17.5. The molecule has 10 heteroatoms. The van der Waals surface area contributed by atoms with Crippen molar-refractivity contribution in [2.75, 3.05) is 18.5 Å². The number of halogens is 2. The molecule has 0 bridgehead atoms. The van der Waals surface area contributed by atoms with Gasteiger partial charge in [-0.05, 0) is 24.3 Å². The second-order valence-corrected chi connectivity index (χ2v) is 5.56. The zero-order valence-electron chi connectivity index (χ0n) is 12.7. The summed E-state index contributed by atoms with van der Waals surface area (Å²) in [5, 5.41) is 11.6. The zero-order chi connectivity index (χ0) is 18.0. The highest BCUT2D eigenvalue weighted by molar-refractivity contribution is 6.30. The van der Waals surface area contributed by atoms with Gasteiger partial charge in [0.2, 0.25) is 0 Å². The number of carbonyl (C=O) groups is 1. The second kappa shape index (κ2) is 7.28. The van der Waals surface area contributed by atoms with Gasteiger partial charge in [0.25, 0.3) is 5.91 Å². The van der Waals surface area contributed by atoms with E-state index in [-0.39, 0.29) is 12.2 Å². The second-order valence-electron chi connectivity index (χ2n) is 5.12. The summed E-state index contributed by atoms with van der Waals surface area (Å²) in [5.41, 5.74) is -0.604. The van der Waals surface area contributed by atoms with Gasteiger partial charge in [-0.1, -0.05) is 11.6 Å². The lowest BCUT2D eigenvalue weighted by molar-refractivity contribution is -0.0993. The molecule has 1 aromatic carbocycles. The van der Waals surface area contributed by atoms with Crippen LogP contribution in [0.3, 0.4) is 0 Å². The molecule has 1 aliphatic heterocycles. The lowest BCUT2D eigenvalue weighted by Crippen LogP contribution is -2.30. The Morgan fingerprint density at radius 1 is 1.44 bits per heavy atom. The lowest BCUT2D eigenvalue weighted by Gasteiger charge is -2.13. The van der Waals surface area contributed by atoms with Crippen LogP contribution in [0.4, 0.5) is 10.2 Å². The number of carbonyl (C=O) groups excluding carboxylic acids is 1. The third-order valence-electron chi connectivity index (χ3n) is 3.44. The van der Waals surface area contributed by atoms with E-state index in [4.69, 9.17) is 26.2 Å². The first-order valence-corrected chi connectivity index (χ1v) is 7.59. The summed E-state index contributed by atoms with van der Waals surface area (Å²) in [6, 6.07) is 5.92. The molecule has 2 N–H and O–H groups in total. The van der Waals surface area contributed by atoms with Gasteiger partial charge >= 0.3 is 5.69 Å². The average molecular weight is 370 g/mol. The van der Waals surface area contributed by atoms with Crippen molar-refractivity contribution in [3.05, 3.63) is 57.3 Å². The van der Waals surface area contributed by atoms with Crippen molar-refractivity contribution in [2.24, 2.45) is 0 Å². The topological polar surface area (TPSA) is 103 Å². The number of ether oxygens (including phenoxy) is 2. The maximum Gasteiger partial charge on any atom is 0.351 e. The highest BCUT2D eigenvalue weighted by Crippen LogP contribution is 2.20. The maximum atomic E-state index is 14.2. The van der Waals surface area contributed by atoms with Gasteiger partial charge in [0.1, 0.15) is 0 Å². The molecular weight excluding hydrogens is 357 g/mol. The number of hydrogen-bond donors (Lipinski definition) is 2. The predicted molar refractivity (Wildman–Crippen MR) is 84.8 cm³/mol. The Bertz CT molecular complexity index is 842. The Labute approximate surface area is 145 Å². The standard InChI is InChI=1S/C15H13ClFN3O5/c16-9-3-1-8(2-4-9)14(22)18-13-10(17)5-20(15(23)19-13)11-7-24-12(6-21)25-11/h1-5,11-12,21H,6-7H2,(H,18,19,22,23)/t11-,12-/m1/s1. The number of anilines is 1. The molecule has 2 aromatic rings. The summed E-state index contributed by atoms with van der Waals surface area (Å²) >= 11 is 5.74. The van der Waals surface area contributed by atoms with Crippen LogP contribution in [0.2, 0.25) is 5.02 Å². The fourth-order valence-electron chi connectivity index (χ4n) is 2.21. The van der Waals surface area contributed by atoms with Crippen molar-refractivity contribution in [1.29, 1.82) is 0 Å². The molecule has 0 spiro atoms. The van der Waals surface area contributed by atoms with E-state index in [2.05, 4.69) is 10.3 Å². The first-order valence-electron chi connectivity index (χ1n) is 7.21. The Kier molecular flexibility index (Phi) is 5.09. The van der Waals surface area contributed by atoms with Gasteiger partial charge < -0.3 is 19.9 Å². The molecule has 0 unspecified atom stereocenters.